The largest absolute Gasteiger partial charge is 0.235 e. The van der Waals surface area contributed by atoms with Crippen molar-refractivity contribution in [3.63, 3.8) is 0 Å². The zero-order chi connectivity index (χ0) is 16.2. The van der Waals surface area contributed by atoms with Gasteiger partial charge < -0.3 is 0 Å². The lowest BCUT2D eigenvalue weighted by atomic mass is 10.1. The zero-order valence-electron chi connectivity index (χ0n) is 13.3. The molecular formula is C21H19NO2. The maximum atomic E-state index is 5.72. The Kier molecular flexibility index (Phi) is 4.38. The lowest BCUT2D eigenvalue weighted by Gasteiger charge is -2.25. The van der Waals surface area contributed by atoms with E-state index in [9.17, 15) is 0 Å². The van der Waals surface area contributed by atoms with Crippen LogP contribution in [0.4, 0.5) is 0 Å². The maximum Gasteiger partial charge on any atom is 0.174 e. The van der Waals surface area contributed by atoms with Crippen LogP contribution in [-0.4, -0.2) is 4.90 Å². The van der Waals surface area contributed by atoms with Gasteiger partial charge in [-0.1, -0.05) is 91.0 Å². The fourth-order valence-electron chi connectivity index (χ4n) is 3.03. The van der Waals surface area contributed by atoms with E-state index in [-0.39, 0.29) is 12.5 Å². The van der Waals surface area contributed by atoms with E-state index in [1.54, 1.807) is 0 Å². The number of rotatable bonds is 4. The van der Waals surface area contributed by atoms with Gasteiger partial charge in [0.1, 0.15) is 0 Å². The molecule has 24 heavy (non-hydrogen) atoms. The third-order valence-electron chi connectivity index (χ3n) is 4.22. The van der Waals surface area contributed by atoms with Crippen molar-refractivity contribution in [2.75, 3.05) is 0 Å². The molecule has 0 N–H and O–H groups in total. The van der Waals surface area contributed by atoms with Gasteiger partial charge in [0.25, 0.3) is 0 Å². The second-order valence-electron chi connectivity index (χ2n) is 5.88. The van der Waals surface area contributed by atoms with E-state index in [0.717, 1.165) is 17.7 Å². The highest BCUT2D eigenvalue weighted by molar-refractivity contribution is 5.23. The van der Waals surface area contributed by atoms with Gasteiger partial charge in [-0.3, -0.25) is 0 Å². The van der Waals surface area contributed by atoms with Crippen molar-refractivity contribution in [3.05, 3.63) is 108 Å². The highest BCUT2D eigenvalue weighted by atomic mass is 17.2. The van der Waals surface area contributed by atoms with E-state index in [0.29, 0.717) is 0 Å². The van der Waals surface area contributed by atoms with Gasteiger partial charge in [0.2, 0.25) is 0 Å². The Morgan fingerprint density at radius 1 is 0.583 bits per heavy atom. The molecular weight excluding hydrogens is 298 g/mol. The summed E-state index contributed by atoms with van der Waals surface area (Å²) >= 11 is 0. The van der Waals surface area contributed by atoms with Crippen LogP contribution in [-0.2, 0) is 16.3 Å². The topological polar surface area (TPSA) is 21.7 Å². The molecule has 0 bridgehead atoms. The van der Waals surface area contributed by atoms with E-state index >= 15 is 0 Å². The minimum atomic E-state index is -0.225. The first-order valence-electron chi connectivity index (χ1n) is 8.13. The standard InChI is InChI=1S/C21H19NO2/c1-4-10-17(11-5-1)16-22-20(18-12-6-2-7-13-18)23-24-21(22)19-14-8-3-9-15-19/h1-15,20-21H,16H2. The summed E-state index contributed by atoms with van der Waals surface area (Å²) in [5.74, 6) is 0. The van der Waals surface area contributed by atoms with Crippen LogP contribution in [0.5, 0.6) is 0 Å². The van der Waals surface area contributed by atoms with E-state index in [2.05, 4.69) is 53.4 Å². The van der Waals surface area contributed by atoms with Crippen molar-refractivity contribution in [2.45, 2.75) is 19.0 Å². The van der Waals surface area contributed by atoms with Gasteiger partial charge in [-0.2, -0.15) is 0 Å². The highest BCUT2D eigenvalue weighted by Crippen LogP contribution is 2.40. The summed E-state index contributed by atoms with van der Waals surface area (Å²) in [5.41, 5.74) is 3.41. The van der Waals surface area contributed by atoms with Crippen LogP contribution in [0.2, 0.25) is 0 Å². The molecule has 0 amide bonds. The molecule has 120 valence electrons. The number of hydrogen-bond donors (Lipinski definition) is 0. The lowest BCUT2D eigenvalue weighted by molar-refractivity contribution is -0.300. The predicted octanol–water partition coefficient (Wildman–Crippen LogP) is 4.85. The Morgan fingerprint density at radius 3 is 1.46 bits per heavy atom. The summed E-state index contributed by atoms with van der Waals surface area (Å²) in [6, 6.07) is 30.8. The van der Waals surface area contributed by atoms with Gasteiger partial charge in [-0.05, 0) is 16.7 Å². The summed E-state index contributed by atoms with van der Waals surface area (Å²) < 4.78 is 0. The normalized spacial score (nSPS) is 21.0. The van der Waals surface area contributed by atoms with Gasteiger partial charge >= 0.3 is 0 Å². The molecule has 3 nitrogen and oxygen atoms in total. The summed E-state index contributed by atoms with van der Waals surface area (Å²) in [4.78, 5) is 13.7. The Balaban J connectivity index is 1.67. The van der Waals surface area contributed by atoms with Crippen molar-refractivity contribution >= 4 is 0 Å². The van der Waals surface area contributed by atoms with Gasteiger partial charge in [0.15, 0.2) is 12.5 Å². The quantitative estimate of drug-likeness (QED) is 0.642. The number of nitrogens with zero attached hydrogens (tertiary/aromatic N) is 1. The van der Waals surface area contributed by atoms with Crippen LogP contribution < -0.4 is 0 Å². The Morgan fingerprint density at radius 2 is 1.00 bits per heavy atom. The van der Waals surface area contributed by atoms with E-state index < -0.39 is 0 Å². The van der Waals surface area contributed by atoms with Gasteiger partial charge in [-0.25, -0.2) is 14.7 Å². The molecule has 2 atom stereocenters. The second-order valence-corrected chi connectivity index (χ2v) is 5.88. The number of benzene rings is 3. The summed E-state index contributed by atoms with van der Waals surface area (Å²) in [6.45, 7) is 0.750. The molecule has 0 saturated carbocycles. The monoisotopic (exact) mass is 317 g/mol. The fraction of sp³-hybridized carbons (Fsp3) is 0.143. The smallest absolute Gasteiger partial charge is 0.174 e. The Bertz CT molecular complexity index is 714. The molecule has 1 heterocycles. The number of hydrogen-bond acceptors (Lipinski definition) is 3. The SMILES string of the molecule is c1ccc(CN2C(c3ccccc3)OOC2c2ccccc2)cc1. The molecule has 1 fully saturated rings. The van der Waals surface area contributed by atoms with Crippen molar-refractivity contribution in [3.8, 4) is 0 Å². The van der Waals surface area contributed by atoms with Crippen molar-refractivity contribution in [1.82, 2.24) is 4.90 Å². The van der Waals surface area contributed by atoms with E-state index in [1.165, 1.54) is 5.56 Å². The van der Waals surface area contributed by atoms with Crippen LogP contribution in [0.15, 0.2) is 91.0 Å². The third-order valence-corrected chi connectivity index (χ3v) is 4.22. The molecule has 0 radical (unpaired) electrons. The maximum absolute atomic E-state index is 5.72. The molecule has 0 aliphatic carbocycles. The van der Waals surface area contributed by atoms with Crippen LogP contribution in [0.3, 0.4) is 0 Å². The Hall–Kier alpha value is -2.46. The molecule has 3 heteroatoms. The first-order valence-corrected chi connectivity index (χ1v) is 8.13. The molecule has 1 saturated heterocycles. The molecule has 3 aromatic carbocycles. The first-order chi connectivity index (χ1) is 11.9. The fourth-order valence-corrected chi connectivity index (χ4v) is 3.03. The minimum Gasteiger partial charge on any atom is -0.235 e. The summed E-state index contributed by atoms with van der Waals surface area (Å²) in [5, 5.41) is 0. The van der Waals surface area contributed by atoms with E-state index in [1.807, 2.05) is 42.5 Å². The highest BCUT2D eigenvalue weighted by Gasteiger charge is 2.38. The summed E-state index contributed by atoms with van der Waals surface area (Å²) in [7, 11) is 0. The van der Waals surface area contributed by atoms with Crippen molar-refractivity contribution < 1.29 is 9.78 Å². The average Bonchev–Trinajstić information content (AvgIpc) is 3.07. The third kappa shape index (κ3) is 3.10. The first kappa shape index (κ1) is 15.1. The van der Waals surface area contributed by atoms with Gasteiger partial charge in [-0.15, -0.1) is 0 Å². The van der Waals surface area contributed by atoms with Crippen LogP contribution in [0.1, 0.15) is 29.1 Å². The Labute approximate surface area is 142 Å². The summed E-state index contributed by atoms with van der Waals surface area (Å²) in [6.07, 6.45) is -0.451. The van der Waals surface area contributed by atoms with Crippen molar-refractivity contribution in [1.29, 1.82) is 0 Å². The van der Waals surface area contributed by atoms with Crippen LogP contribution in [0, 0.1) is 0 Å². The van der Waals surface area contributed by atoms with Gasteiger partial charge in [0.05, 0.1) is 0 Å². The second kappa shape index (κ2) is 6.97. The molecule has 2 unspecified atom stereocenters. The minimum absolute atomic E-state index is 0.225. The van der Waals surface area contributed by atoms with Crippen LogP contribution in [0.25, 0.3) is 0 Å². The average molecular weight is 317 g/mol. The zero-order valence-corrected chi connectivity index (χ0v) is 13.3. The lowest BCUT2D eigenvalue weighted by Crippen LogP contribution is -2.26. The van der Waals surface area contributed by atoms with Crippen molar-refractivity contribution in [2.24, 2.45) is 0 Å². The van der Waals surface area contributed by atoms with Crippen LogP contribution >= 0.6 is 0 Å². The molecule has 4 rings (SSSR count). The molecule has 3 aromatic rings. The van der Waals surface area contributed by atoms with Gasteiger partial charge in [0, 0.05) is 6.54 Å². The molecule has 1 aliphatic rings. The molecule has 1 aliphatic heterocycles. The molecule has 0 aromatic heterocycles. The molecule has 0 spiro atoms. The van der Waals surface area contributed by atoms with E-state index in [4.69, 9.17) is 9.78 Å². The predicted molar refractivity (Wildman–Crippen MR) is 92.5 cm³/mol.